The molecule has 2 rings (SSSR count). The molecule has 0 spiro atoms. The highest BCUT2D eigenvalue weighted by Crippen LogP contribution is 2.31. The second-order valence-corrected chi connectivity index (χ2v) is 6.38. The number of hydrogen-bond acceptors (Lipinski definition) is 3. The quantitative estimate of drug-likeness (QED) is 0.849. The summed E-state index contributed by atoms with van der Waals surface area (Å²) in [7, 11) is 0. The summed E-state index contributed by atoms with van der Waals surface area (Å²) in [5, 5.41) is 12.9. The lowest BCUT2D eigenvalue weighted by atomic mass is 9.77. The summed E-state index contributed by atoms with van der Waals surface area (Å²) >= 11 is 7.38. The van der Waals surface area contributed by atoms with E-state index >= 15 is 0 Å². The van der Waals surface area contributed by atoms with Crippen LogP contribution in [0.25, 0.3) is 0 Å². The molecule has 1 fully saturated rings. The Labute approximate surface area is 122 Å². The van der Waals surface area contributed by atoms with Crippen molar-refractivity contribution in [3.05, 3.63) is 34.9 Å². The lowest BCUT2D eigenvalue weighted by molar-refractivity contribution is -0.122. The lowest BCUT2D eigenvalue weighted by Gasteiger charge is -2.40. The Morgan fingerprint density at radius 3 is 2.58 bits per heavy atom. The van der Waals surface area contributed by atoms with Gasteiger partial charge in [-0.1, -0.05) is 23.7 Å². The molecule has 1 aromatic rings. The monoisotopic (exact) mass is 299 g/mol. The Kier molecular flexibility index (Phi) is 5.13. The van der Waals surface area contributed by atoms with E-state index in [1.807, 2.05) is 24.3 Å². The van der Waals surface area contributed by atoms with E-state index in [4.69, 9.17) is 11.6 Å². The van der Waals surface area contributed by atoms with Gasteiger partial charge < -0.3 is 10.4 Å². The molecule has 0 bridgehead atoms. The standard InChI is InChI=1S/C14H18ClNO2S/c15-12-4-2-11(3-5-12)8-19-9-13(18)16-14(10-17)6-1-7-14/h2-5,17H,1,6-10H2,(H,16,18). The molecule has 2 N–H and O–H groups in total. The van der Waals surface area contributed by atoms with Gasteiger partial charge >= 0.3 is 0 Å². The Morgan fingerprint density at radius 1 is 1.37 bits per heavy atom. The van der Waals surface area contributed by atoms with Gasteiger partial charge in [-0.2, -0.15) is 0 Å². The average Bonchev–Trinajstić information content (AvgIpc) is 2.36. The minimum absolute atomic E-state index is 0.00714. The third-order valence-electron chi connectivity index (χ3n) is 3.43. The van der Waals surface area contributed by atoms with Crippen LogP contribution in [0.4, 0.5) is 0 Å². The van der Waals surface area contributed by atoms with Crippen LogP contribution in [0.15, 0.2) is 24.3 Å². The first-order valence-electron chi connectivity index (χ1n) is 6.38. The third-order valence-corrected chi connectivity index (χ3v) is 4.69. The fourth-order valence-corrected chi connectivity index (χ4v) is 3.01. The van der Waals surface area contributed by atoms with Gasteiger partial charge in [-0.3, -0.25) is 4.79 Å². The summed E-state index contributed by atoms with van der Waals surface area (Å²) in [4.78, 5) is 11.8. The molecule has 3 nitrogen and oxygen atoms in total. The number of aliphatic hydroxyl groups excluding tert-OH is 1. The summed E-state index contributed by atoms with van der Waals surface area (Å²) in [6.07, 6.45) is 2.85. The zero-order chi connectivity index (χ0) is 13.7. The lowest BCUT2D eigenvalue weighted by Crippen LogP contribution is -2.56. The van der Waals surface area contributed by atoms with Gasteiger partial charge in [-0.25, -0.2) is 0 Å². The molecule has 0 aliphatic heterocycles. The van der Waals surface area contributed by atoms with Gasteiger partial charge in [-0.05, 0) is 37.0 Å². The smallest absolute Gasteiger partial charge is 0.230 e. The van der Waals surface area contributed by atoms with E-state index in [0.29, 0.717) is 5.75 Å². The van der Waals surface area contributed by atoms with Gasteiger partial charge in [0.15, 0.2) is 0 Å². The fraction of sp³-hybridized carbons (Fsp3) is 0.500. The van der Waals surface area contributed by atoms with Crippen LogP contribution < -0.4 is 5.32 Å². The molecular weight excluding hydrogens is 282 g/mol. The number of halogens is 1. The number of hydrogen-bond donors (Lipinski definition) is 2. The summed E-state index contributed by atoms with van der Waals surface area (Å²) in [5.41, 5.74) is 0.820. The second-order valence-electron chi connectivity index (χ2n) is 4.96. The molecule has 1 aliphatic carbocycles. The zero-order valence-electron chi connectivity index (χ0n) is 10.7. The molecule has 0 unspecified atom stereocenters. The van der Waals surface area contributed by atoms with Crippen molar-refractivity contribution in [1.29, 1.82) is 0 Å². The van der Waals surface area contributed by atoms with Gasteiger partial charge in [0.05, 0.1) is 17.9 Å². The number of carbonyl (C=O) groups is 1. The maximum Gasteiger partial charge on any atom is 0.230 e. The number of thioether (sulfide) groups is 1. The van der Waals surface area contributed by atoms with Crippen LogP contribution in [0.1, 0.15) is 24.8 Å². The van der Waals surface area contributed by atoms with Crippen molar-refractivity contribution in [1.82, 2.24) is 5.32 Å². The van der Waals surface area contributed by atoms with Gasteiger partial charge in [0.1, 0.15) is 0 Å². The Hall–Kier alpha value is -0.710. The highest BCUT2D eigenvalue weighted by atomic mass is 35.5. The first kappa shape index (κ1) is 14.7. The minimum atomic E-state index is -0.335. The molecule has 0 heterocycles. The summed E-state index contributed by atoms with van der Waals surface area (Å²) in [5.74, 6) is 1.22. The molecule has 1 aliphatic rings. The van der Waals surface area contributed by atoms with E-state index in [9.17, 15) is 9.90 Å². The molecule has 0 aromatic heterocycles. The van der Waals surface area contributed by atoms with Gasteiger partial charge in [-0.15, -0.1) is 11.8 Å². The van der Waals surface area contributed by atoms with Crippen LogP contribution in [-0.4, -0.2) is 28.9 Å². The van der Waals surface area contributed by atoms with Crippen molar-refractivity contribution in [3.63, 3.8) is 0 Å². The highest BCUT2D eigenvalue weighted by molar-refractivity contribution is 7.99. The molecule has 1 aromatic carbocycles. The molecule has 0 saturated heterocycles. The summed E-state index contributed by atoms with van der Waals surface area (Å²) < 4.78 is 0. The number of amides is 1. The van der Waals surface area contributed by atoms with E-state index in [1.165, 1.54) is 0 Å². The first-order chi connectivity index (χ1) is 9.13. The number of carbonyl (C=O) groups excluding carboxylic acids is 1. The van der Waals surface area contributed by atoms with Crippen LogP contribution in [-0.2, 0) is 10.5 Å². The minimum Gasteiger partial charge on any atom is -0.394 e. The van der Waals surface area contributed by atoms with E-state index in [-0.39, 0.29) is 18.1 Å². The number of aliphatic hydroxyl groups is 1. The Bertz CT molecular complexity index is 426. The maximum absolute atomic E-state index is 11.8. The van der Waals surface area contributed by atoms with E-state index < -0.39 is 0 Å². The van der Waals surface area contributed by atoms with Gasteiger partial charge in [0, 0.05) is 10.8 Å². The maximum atomic E-state index is 11.8. The van der Waals surface area contributed by atoms with Crippen LogP contribution in [0, 0.1) is 0 Å². The number of benzene rings is 1. The molecule has 0 atom stereocenters. The van der Waals surface area contributed by atoms with Crippen molar-refractivity contribution in [2.24, 2.45) is 0 Å². The van der Waals surface area contributed by atoms with Crippen LogP contribution in [0.2, 0.25) is 5.02 Å². The topological polar surface area (TPSA) is 49.3 Å². The van der Waals surface area contributed by atoms with Crippen molar-refractivity contribution < 1.29 is 9.90 Å². The number of rotatable bonds is 6. The molecule has 19 heavy (non-hydrogen) atoms. The molecule has 5 heteroatoms. The fourth-order valence-electron chi connectivity index (χ4n) is 2.10. The predicted octanol–water partition coefficient (Wildman–Crippen LogP) is 2.60. The largest absolute Gasteiger partial charge is 0.394 e. The average molecular weight is 300 g/mol. The summed E-state index contributed by atoms with van der Waals surface area (Å²) in [6, 6.07) is 7.64. The van der Waals surface area contributed by atoms with Crippen molar-refractivity contribution in [3.8, 4) is 0 Å². The van der Waals surface area contributed by atoms with Gasteiger partial charge in [0.2, 0.25) is 5.91 Å². The highest BCUT2D eigenvalue weighted by Gasteiger charge is 2.37. The molecule has 1 saturated carbocycles. The molecule has 1 amide bonds. The van der Waals surface area contributed by atoms with Crippen molar-refractivity contribution in [2.75, 3.05) is 12.4 Å². The van der Waals surface area contributed by atoms with Crippen molar-refractivity contribution in [2.45, 2.75) is 30.6 Å². The molecular formula is C14H18ClNO2S. The van der Waals surface area contributed by atoms with E-state index in [1.54, 1.807) is 11.8 Å². The van der Waals surface area contributed by atoms with Crippen molar-refractivity contribution >= 4 is 29.3 Å². The third kappa shape index (κ3) is 4.13. The molecule has 104 valence electrons. The zero-order valence-corrected chi connectivity index (χ0v) is 12.3. The van der Waals surface area contributed by atoms with Gasteiger partial charge in [0.25, 0.3) is 0 Å². The molecule has 0 radical (unpaired) electrons. The van der Waals surface area contributed by atoms with Crippen LogP contribution in [0.5, 0.6) is 0 Å². The Balaban J connectivity index is 1.70. The summed E-state index contributed by atoms with van der Waals surface area (Å²) in [6.45, 7) is 0.0423. The Morgan fingerprint density at radius 2 is 2.05 bits per heavy atom. The second kappa shape index (κ2) is 6.64. The SMILES string of the molecule is O=C(CSCc1ccc(Cl)cc1)NC1(CO)CCC1. The number of nitrogens with one attached hydrogen (secondary N) is 1. The first-order valence-corrected chi connectivity index (χ1v) is 7.91. The normalized spacial score (nSPS) is 16.7. The van der Waals surface area contributed by atoms with E-state index in [2.05, 4.69) is 5.32 Å². The van der Waals surface area contributed by atoms with E-state index in [0.717, 1.165) is 35.6 Å². The van der Waals surface area contributed by atoms with Crippen LogP contribution >= 0.6 is 23.4 Å². The van der Waals surface area contributed by atoms with Crippen LogP contribution in [0.3, 0.4) is 0 Å². The predicted molar refractivity (Wildman–Crippen MR) is 79.4 cm³/mol.